The minimum absolute atomic E-state index is 0.0605. The lowest BCUT2D eigenvalue weighted by Crippen LogP contribution is -2.41. The number of hydrogen-bond donors (Lipinski definition) is 1. The van der Waals surface area contributed by atoms with Gasteiger partial charge >= 0.3 is 6.09 Å². The zero-order valence-corrected chi connectivity index (χ0v) is 17.0. The third-order valence-electron chi connectivity index (χ3n) is 4.54. The van der Waals surface area contributed by atoms with E-state index >= 15 is 0 Å². The van der Waals surface area contributed by atoms with E-state index in [-0.39, 0.29) is 24.3 Å². The molecule has 1 saturated heterocycles. The van der Waals surface area contributed by atoms with Gasteiger partial charge in [0.1, 0.15) is 13.2 Å². The number of rotatable bonds is 5. The molecule has 0 aromatic heterocycles. The summed E-state index contributed by atoms with van der Waals surface area (Å²) >= 11 is 8.13. The molecule has 0 radical (unpaired) electrons. The molecule has 2 aromatic rings. The Hall–Kier alpha value is -2.18. The number of carbonyl (C=O) groups excluding carboxylic acids is 2. The highest BCUT2D eigenvalue weighted by atomic mass is 35.5. The molecule has 1 heterocycles. The highest BCUT2D eigenvalue weighted by molar-refractivity contribution is 7.99. The summed E-state index contributed by atoms with van der Waals surface area (Å²) in [6.45, 7) is 1.42. The van der Waals surface area contributed by atoms with Crippen molar-refractivity contribution in [1.29, 1.82) is 0 Å². The number of amides is 2. The van der Waals surface area contributed by atoms with Crippen LogP contribution >= 0.6 is 23.4 Å². The summed E-state index contributed by atoms with van der Waals surface area (Å²) in [7, 11) is 0. The number of ether oxygens (including phenoxy) is 1. The van der Waals surface area contributed by atoms with Gasteiger partial charge in [0, 0.05) is 29.1 Å². The zero-order chi connectivity index (χ0) is 19.8. The summed E-state index contributed by atoms with van der Waals surface area (Å²) in [5, 5.41) is 3.58. The molecule has 2 aromatic carbocycles. The lowest BCUT2D eigenvalue weighted by atomic mass is 10.1. The Kier molecular flexibility index (Phi) is 7.62. The number of nitrogens with one attached hydrogen (secondary N) is 1. The molecule has 1 aliphatic rings. The van der Waals surface area contributed by atoms with Crippen molar-refractivity contribution in [1.82, 2.24) is 10.2 Å². The highest BCUT2D eigenvalue weighted by Crippen LogP contribution is 2.37. The van der Waals surface area contributed by atoms with Crippen LogP contribution in [0, 0.1) is 0 Å². The Labute approximate surface area is 174 Å². The summed E-state index contributed by atoms with van der Waals surface area (Å²) in [4.78, 5) is 26.1. The van der Waals surface area contributed by atoms with Gasteiger partial charge in [0.25, 0.3) is 0 Å². The number of carbonyl (C=O) groups is 2. The van der Waals surface area contributed by atoms with E-state index in [9.17, 15) is 9.59 Å². The molecular formula is C21H23ClN2O3S. The molecule has 0 spiro atoms. The average molecular weight is 419 g/mol. The SMILES string of the molecule is O=C(NCC(=O)N1CCS[C@H](c2ccccc2Cl)CC1)OCc1ccccc1. The normalized spacial score (nSPS) is 16.9. The first-order valence-corrected chi connectivity index (χ1v) is 10.6. The van der Waals surface area contributed by atoms with Crippen LogP contribution < -0.4 is 5.32 Å². The molecule has 0 aliphatic carbocycles. The molecule has 0 unspecified atom stereocenters. The van der Waals surface area contributed by atoms with Crippen LogP contribution in [0.3, 0.4) is 0 Å². The number of halogens is 1. The van der Waals surface area contributed by atoms with Crippen molar-refractivity contribution in [3.8, 4) is 0 Å². The van der Waals surface area contributed by atoms with Crippen molar-refractivity contribution in [2.45, 2.75) is 18.3 Å². The third-order valence-corrected chi connectivity index (χ3v) is 6.20. The van der Waals surface area contributed by atoms with E-state index in [0.29, 0.717) is 13.1 Å². The molecule has 0 saturated carbocycles. The maximum absolute atomic E-state index is 12.5. The Morgan fingerprint density at radius 1 is 1.11 bits per heavy atom. The summed E-state index contributed by atoms with van der Waals surface area (Å²) in [5.41, 5.74) is 2.02. The fourth-order valence-corrected chi connectivity index (χ4v) is 4.64. The predicted molar refractivity (Wildman–Crippen MR) is 112 cm³/mol. The summed E-state index contributed by atoms with van der Waals surface area (Å²) < 4.78 is 5.14. The maximum Gasteiger partial charge on any atom is 0.407 e. The van der Waals surface area contributed by atoms with Crippen molar-refractivity contribution in [2.75, 3.05) is 25.4 Å². The van der Waals surface area contributed by atoms with Crippen LogP contribution in [0.15, 0.2) is 54.6 Å². The Morgan fingerprint density at radius 3 is 2.64 bits per heavy atom. The zero-order valence-electron chi connectivity index (χ0n) is 15.5. The molecule has 148 valence electrons. The van der Waals surface area contributed by atoms with E-state index in [1.165, 1.54) is 0 Å². The predicted octanol–water partition coefficient (Wildman–Crippen LogP) is 4.27. The second kappa shape index (κ2) is 10.4. The van der Waals surface area contributed by atoms with Crippen LogP contribution in [-0.2, 0) is 16.1 Å². The molecule has 5 nitrogen and oxygen atoms in total. The van der Waals surface area contributed by atoms with E-state index < -0.39 is 6.09 Å². The molecule has 0 bridgehead atoms. The van der Waals surface area contributed by atoms with Crippen molar-refractivity contribution in [3.63, 3.8) is 0 Å². The topological polar surface area (TPSA) is 58.6 Å². The van der Waals surface area contributed by atoms with Gasteiger partial charge in [-0.2, -0.15) is 11.8 Å². The Balaban J connectivity index is 1.43. The maximum atomic E-state index is 12.5. The van der Waals surface area contributed by atoms with E-state index in [1.54, 1.807) is 4.90 Å². The second-order valence-corrected chi connectivity index (χ2v) is 8.18. The van der Waals surface area contributed by atoms with Crippen molar-refractivity contribution in [2.24, 2.45) is 0 Å². The van der Waals surface area contributed by atoms with Crippen molar-refractivity contribution < 1.29 is 14.3 Å². The van der Waals surface area contributed by atoms with Gasteiger partial charge in [-0.05, 0) is 23.6 Å². The minimum Gasteiger partial charge on any atom is -0.445 e. The van der Waals surface area contributed by atoms with Gasteiger partial charge in [0.15, 0.2) is 0 Å². The largest absolute Gasteiger partial charge is 0.445 e. The standard InChI is InChI=1S/C21H23ClN2O3S/c22-18-9-5-4-8-17(18)19-10-11-24(12-13-28-19)20(25)14-23-21(26)27-15-16-6-2-1-3-7-16/h1-9,19H,10-15H2,(H,23,26)/t19-/m0/s1. The monoisotopic (exact) mass is 418 g/mol. The van der Waals surface area contributed by atoms with Crippen LogP contribution in [0.25, 0.3) is 0 Å². The van der Waals surface area contributed by atoms with Gasteiger partial charge in [-0.15, -0.1) is 0 Å². The first kappa shape index (κ1) is 20.6. The van der Waals surface area contributed by atoms with Gasteiger partial charge in [0.05, 0.1) is 0 Å². The number of nitrogens with zero attached hydrogens (tertiary/aromatic N) is 1. The van der Waals surface area contributed by atoms with Crippen molar-refractivity contribution in [3.05, 3.63) is 70.7 Å². The van der Waals surface area contributed by atoms with Gasteiger partial charge in [0.2, 0.25) is 5.91 Å². The number of hydrogen-bond acceptors (Lipinski definition) is 4. The highest BCUT2D eigenvalue weighted by Gasteiger charge is 2.23. The van der Waals surface area contributed by atoms with Crippen LogP contribution in [0.5, 0.6) is 0 Å². The summed E-state index contributed by atoms with van der Waals surface area (Å²) in [5.74, 6) is 0.733. The number of thioether (sulfide) groups is 1. The van der Waals surface area contributed by atoms with Crippen LogP contribution in [0.1, 0.15) is 22.8 Å². The summed E-state index contributed by atoms with van der Waals surface area (Å²) in [6, 6.07) is 17.3. The smallest absolute Gasteiger partial charge is 0.407 e. The fourth-order valence-electron chi connectivity index (χ4n) is 3.04. The molecule has 1 aliphatic heterocycles. The molecule has 3 rings (SSSR count). The lowest BCUT2D eigenvalue weighted by Gasteiger charge is -2.20. The molecule has 28 heavy (non-hydrogen) atoms. The molecule has 1 atom stereocenters. The molecule has 1 fully saturated rings. The Bertz CT molecular complexity index is 803. The number of alkyl carbamates (subject to hydrolysis) is 1. The quantitative estimate of drug-likeness (QED) is 0.787. The van der Waals surface area contributed by atoms with E-state index in [1.807, 2.05) is 66.4 Å². The van der Waals surface area contributed by atoms with Gasteiger partial charge < -0.3 is 15.0 Å². The van der Waals surface area contributed by atoms with E-state index in [2.05, 4.69) is 5.32 Å². The van der Waals surface area contributed by atoms with Crippen molar-refractivity contribution >= 4 is 35.4 Å². The first-order valence-electron chi connectivity index (χ1n) is 9.22. The van der Waals surface area contributed by atoms with E-state index in [4.69, 9.17) is 16.3 Å². The number of benzene rings is 2. The average Bonchev–Trinajstić information content (AvgIpc) is 2.98. The van der Waals surface area contributed by atoms with Gasteiger partial charge in [-0.1, -0.05) is 60.1 Å². The Morgan fingerprint density at radius 2 is 1.86 bits per heavy atom. The summed E-state index contributed by atoms with van der Waals surface area (Å²) in [6.07, 6.45) is 0.244. The van der Waals surface area contributed by atoms with Gasteiger partial charge in [-0.25, -0.2) is 4.79 Å². The first-order chi connectivity index (χ1) is 13.6. The molecule has 7 heteroatoms. The molecular weight excluding hydrogens is 396 g/mol. The van der Waals surface area contributed by atoms with Crippen LogP contribution in [0.2, 0.25) is 5.02 Å². The van der Waals surface area contributed by atoms with Crippen LogP contribution in [0.4, 0.5) is 4.79 Å². The molecule has 1 N–H and O–H groups in total. The fraction of sp³-hybridized carbons (Fsp3) is 0.333. The van der Waals surface area contributed by atoms with Gasteiger partial charge in [-0.3, -0.25) is 4.79 Å². The lowest BCUT2D eigenvalue weighted by molar-refractivity contribution is -0.129. The van der Waals surface area contributed by atoms with Crippen LogP contribution in [-0.4, -0.2) is 42.3 Å². The minimum atomic E-state index is -0.588. The van der Waals surface area contributed by atoms with E-state index in [0.717, 1.165) is 28.3 Å². The third kappa shape index (κ3) is 5.91. The molecule has 2 amide bonds. The second-order valence-electron chi connectivity index (χ2n) is 6.47.